The zero-order valence-corrected chi connectivity index (χ0v) is 16.4. The lowest BCUT2D eigenvalue weighted by atomic mass is 10.2. The van der Waals surface area contributed by atoms with Crippen LogP contribution in [0.15, 0.2) is 53.9 Å². The van der Waals surface area contributed by atoms with Crippen molar-refractivity contribution in [3.05, 3.63) is 75.3 Å². The Bertz CT molecular complexity index is 1040. The number of rotatable bonds is 6. The summed E-state index contributed by atoms with van der Waals surface area (Å²) in [5.41, 5.74) is 2.41. The van der Waals surface area contributed by atoms with Crippen molar-refractivity contribution in [1.29, 1.82) is 0 Å². The van der Waals surface area contributed by atoms with E-state index in [4.69, 9.17) is 4.74 Å². The number of nitrogens with one attached hydrogen (secondary N) is 1. The predicted molar refractivity (Wildman–Crippen MR) is 109 cm³/mol. The van der Waals surface area contributed by atoms with Crippen molar-refractivity contribution < 1.29 is 19.2 Å². The largest absolute Gasteiger partial charge is 0.448 e. The number of aryl methyl sites for hydroxylation is 1. The molecule has 1 amide bonds. The molecule has 9 heteroatoms. The lowest BCUT2D eigenvalue weighted by Gasteiger charge is -2.12. The number of hydrogen-bond donors (Lipinski definition) is 1. The van der Waals surface area contributed by atoms with Crippen LogP contribution in [0.2, 0.25) is 0 Å². The molecule has 3 aromatic rings. The van der Waals surface area contributed by atoms with Crippen LogP contribution in [0.1, 0.15) is 23.0 Å². The molecule has 8 nitrogen and oxygen atoms in total. The number of esters is 1. The van der Waals surface area contributed by atoms with E-state index in [1.807, 2.05) is 31.2 Å². The van der Waals surface area contributed by atoms with Crippen molar-refractivity contribution in [1.82, 2.24) is 4.98 Å². The van der Waals surface area contributed by atoms with Crippen LogP contribution in [0.3, 0.4) is 0 Å². The summed E-state index contributed by atoms with van der Waals surface area (Å²) in [6.07, 6.45) is -1.07. The fraction of sp³-hybridized carbons (Fsp3) is 0.150. The van der Waals surface area contributed by atoms with E-state index in [0.29, 0.717) is 10.7 Å². The van der Waals surface area contributed by atoms with Crippen LogP contribution in [-0.4, -0.2) is 27.9 Å². The van der Waals surface area contributed by atoms with Crippen LogP contribution in [-0.2, 0) is 9.53 Å². The molecule has 0 radical (unpaired) electrons. The van der Waals surface area contributed by atoms with Gasteiger partial charge in [-0.1, -0.05) is 29.8 Å². The first-order valence-electron chi connectivity index (χ1n) is 8.62. The Kier molecular flexibility index (Phi) is 5.99. The van der Waals surface area contributed by atoms with E-state index >= 15 is 0 Å². The Morgan fingerprint density at radius 3 is 2.41 bits per heavy atom. The minimum absolute atomic E-state index is 0.0876. The molecule has 1 atom stereocenters. The maximum atomic E-state index is 12.3. The van der Waals surface area contributed by atoms with Gasteiger partial charge in [-0.05, 0) is 26.0 Å². The normalized spacial score (nSPS) is 11.5. The van der Waals surface area contributed by atoms with E-state index in [2.05, 4.69) is 10.3 Å². The Morgan fingerprint density at radius 2 is 1.79 bits per heavy atom. The van der Waals surface area contributed by atoms with E-state index < -0.39 is 22.9 Å². The Morgan fingerprint density at radius 1 is 1.14 bits per heavy atom. The summed E-state index contributed by atoms with van der Waals surface area (Å²) in [7, 11) is 0. The highest BCUT2D eigenvalue weighted by atomic mass is 32.1. The van der Waals surface area contributed by atoms with Crippen LogP contribution in [0, 0.1) is 17.0 Å². The molecule has 0 aliphatic carbocycles. The maximum absolute atomic E-state index is 12.3. The number of aromatic nitrogens is 1. The minimum atomic E-state index is -1.07. The van der Waals surface area contributed by atoms with Crippen LogP contribution in [0.4, 0.5) is 11.4 Å². The fourth-order valence-corrected chi connectivity index (χ4v) is 3.18. The average molecular weight is 411 g/mol. The summed E-state index contributed by atoms with van der Waals surface area (Å²) in [5, 5.41) is 15.5. The van der Waals surface area contributed by atoms with Gasteiger partial charge >= 0.3 is 5.97 Å². The van der Waals surface area contributed by atoms with Gasteiger partial charge in [-0.25, -0.2) is 9.78 Å². The van der Waals surface area contributed by atoms with E-state index in [1.165, 1.54) is 42.5 Å². The van der Waals surface area contributed by atoms with Crippen molar-refractivity contribution in [2.24, 2.45) is 0 Å². The number of nitro groups is 1. The van der Waals surface area contributed by atoms with Crippen LogP contribution in [0.25, 0.3) is 10.6 Å². The highest BCUT2D eigenvalue weighted by molar-refractivity contribution is 7.13. The molecule has 1 unspecified atom stereocenters. The molecule has 0 saturated heterocycles. The summed E-state index contributed by atoms with van der Waals surface area (Å²) in [6.45, 7) is 3.42. The highest BCUT2D eigenvalue weighted by Crippen LogP contribution is 2.24. The summed E-state index contributed by atoms with van der Waals surface area (Å²) in [5.74, 6) is -1.26. The number of carbonyl (C=O) groups is 2. The third kappa shape index (κ3) is 5.02. The van der Waals surface area contributed by atoms with E-state index in [1.54, 1.807) is 5.38 Å². The molecule has 1 N–H and O–H groups in total. The number of non-ortho nitro benzene ring substituents is 1. The molecule has 0 aliphatic rings. The predicted octanol–water partition coefficient (Wildman–Crippen LogP) is 4.21. The van der Waals surface area contributed by atoms with Gasteiger partial charge in [-0.15, -0.1) is 11.3 Å². The molecule has 148 valence electrons. The van der Waals surface area contributed by atoms with Crippen LogP contribution < -0.4 is 5.32 Å². The maximum Gasteiger partial charge on any atom is 0.358 e. The molecule has 1 aromatic heterocycles. The van der Waals surface area contributed by atoms with Crippen molar-refractivity contribution in [3.63, 3.8) is 0 Å². The second kappa shape index (κ2) is 8.61. The van der Waals surface area contributed by atoms with Crippen molar-refractivity contribution in [2.45, 2.75) is 20.0 Å². The second-order valence-electron chi connectivity index (χ2n) is 6.24. The first-order chi connectivity index (χ1) is 13.8. The van der Waals surface area contributed by atoms with Gasteiger partial charge in [0.05, 0.1) is 4.92 Å². The third-order valence-corrected chi connectivity index (χ3v) is 4.90. The summed E-state index contributed by atoms with van der Waals surface area (Å²) in [4.78, 5) is 38.9. The van der Waals surface area contributed by atoms with Gasteiger partial charge in [0.2, 0.25) is 0 Å². The number of carbonyl (C=O) groups excluding carboxylic acids is 2. The molecular weight excluding hydrogens is 394 g/mol. The fourth-order valence-electron chi connectivity index (χ4n) is 2.38. The number of nitro benzene ring substituents is 1. The molecule has 0 saturated carbocycles. The smallest absolute Gasteiger partial charge is 0.358 e. The number of nitrogens with zero attached hydrogens (tertiary/aromatic N) is 2. The average Bonchev–Trinajstić information content (AvgIpc) is 3.19. The minimum Gasteiger partial charge on any atom is -0.448 e. The van der Waals surface area contributed by atoms with E-state index in [0.717, 1.165) is 11.1 Å². The van der Waals surface area contributed by atoms with Gasteiger partial charge in [0.25, 0.3) is 11.6 Å². The van der Waals surface area contributed by atoms with E-state index in [9.17, 15) is 19.7 Å². The Hall–Kier alpha value is -3.59. The van der Waals surface area contributed by atoms with E-state index in [-0.39, 0.29) is 11.4 Å². The van der Waals surface area contributed by atoms with Gasteiger partial charge in [0.15, 0.2) is 11.8 Å². The van der Waals surface area contributed by atoms with Gasteiger partial charge in [-0.3, -0.25) is 14.9 Å². The van der Waals surface area contributed by atoms with Crippen LogP contribution >= 0.6 is 11.3 Å². The molecule has 2 aromatic carbocycles. The van der Waals surface area contributed by atoms with Gasteiger partial charge < -0.3 is 10.1 Å². The standard InChI is InChI=1S/C20H17N3O5S/c1-12-3-5-14(6-4-12)19-22-17(11-29-19)20(25)28-13(2)18(24)21-15-7-9-16(10-8-15)23(26)27/h3-11,13H,1-2H3,(H,21,24). The Labute approximate surface area is 170 Å². The second-order valence-corrected chi connectivity index (χ2v) is 7.10. The first kappa shape index (κ1) is 20.2. The number of thiazole rings is 1. The first-order valence-corrected chi connectivity index (χ1v) is 9.50. The van der Waals surface area contributed by atoms with Gasteiger partial charge in [-0.2, -0.15) is 0 Å². The van der Waals surface area contributed by atoms with Gasteiger partial charge in [0, 0.05) is 28.8 Å². The summed E-state index contributed by atoms with van der Waals surface area (Å²) >= 11 is 1.31. The molecule has 0 bridgehead atoms. The lowest BCUT2D eigenvalue weighted by molar-refractivity contribution is -0.384. The number of anilines is 1. The molecule has 0 aliphatic heterocycles. The highest BCUT2D eigenvalue weighted by Gasteiger charge is 2.21. The quantitative estimate of drug-likeness (QED) is 0.369. The van der Waals surface area contributed by atoms with Crippen molar-refractivity contribution in [2.75, 3.05) is 5.32 Å². The molecule has 1 heterocycles. The number of ether oxygens (including phenoxy) is 1. The zero-order valence-electron chi connectivity index (χ0n) is 15.6. The number of hydrogen-bond acceptors (Lipinski definition) is 7. The topological polar surface area (TPSA) is 111 Å². The zero-order chi connectivity index (χ0) is 21.0. The summed E-state index contributed by atoms with van der Waals surface area (Å²) in [6, 6.07) is 13.1. The summed E-state index contributed by atoms with van der Waals surface area (Å²) < 4.78 is 5.19. The van der Waals surface area contributed by atoms with Crippen molar-refractivity contribution in [3.8, 4) is 10.6 Å². The SMILES string of the molecule is Cc1ccc(-c2nc(C(=O)OC(C)C(=O)Nc3ccc([N+](=O)[O-])cc3)cs2)cc1. The number of benzene rings is 2. The lowest BCUT2D eigenvalue weighted by Crippen LogP contribution is -2.30. The molecule has 3 rings (SSSR count). The third-order valence-electron chi connectivity index (χ3n) is 4.01. The molecule has 0 spiro atoms. The van der Waals surface area contributed by atoms with Crippen LogP contribution in [0.5, 0.6) is 0 Å². The Balaban J connectivity index is 1.60. The van der Waals surface area contributed by atoms with Gasteiger partial charge in [0.1, 0.15) is 5.01 Å². The monoisotopic (exact) mass is 411 g/mol. The molecule has 0 fully saturated rings. The molecule has 29 heavy (non-hydrogen) atoms. The number of amides is 1. The molecular formula is C20H17N3O5S. The van der Waals surface area contributed by atoms with Crippen molar-refractivity contribution >= 4 is 34.6 Å².